The highest BCUT2D eigenvalue weighted by Crippen LogP contribution is 2.44. The number of amides is 1. The van der Waals surface area contributed by atoms with E-state index in [9.17, 15) is 14.1 Å². The van der Waals surface area contributed by atoms with E-state index in [0.717, 1.165) is 35.2 Å². The molecule has 0 saturated carbocycles. The van der Waals surface area contributed by atoms with Gasteiger partial charge >= 0.3 is 0 Å². The first-order chi connectivity index (χ1) is 16.2. The predicted octanol–water partition coefficient (Wildman–Crippen LogP) is 4.77. The molecular weight excluding hydrogens is 446 g/mol. The number of nitrogens with zero attached hydrogens (tertiary/aromatic N) is 2. The van der Waals surface area contributed by atoms with Crippen molar-refractivity contribution in [2.75, 3.05) is 13.2 Å². The number of hydrogen-bond donors (Lipinski definition) is 2. The highest BCUT2D eigenvalue weighted by molar-refractivity contribution is 7.84. The molecule has 0 fully saturated rings. The monoisotopic (exact) mass is 481 g/mol. The van der Waals surface area contributed by atoms with Gasteiger partial charge in [-0.05, 0) is 82.2 Å². The molecule has 2 atom stereocenters. The number of aliphatic hydroxyl groups excluding tert-OH is 1. The van der Waals surface area contributed by atoms with Crippen molar-refractivity contribution in [3.63, 3.8) is 0 Å². The van der Waals surface area contributed by atoms with Crippen LogP contribution in [0.3, 0.4) is 0 Å². The van der Waals surface area contributed by atoms with Crippen LogP contribution in [0.1, 0.15) is 86.6 Å². The quantitative estimate of drug-likeness (QED) is 0.597. The Kier molecular flexibility index (Phi) is 7.36. The third kappa shape index (κ3) is 4.88. The van der Waals surface area contributed by atoms with Gasteiger partial charge in [-0.3, -0.25) is 4.79 Å². The van der Waals surface area contributed by atoms with Crippen LogP contribution in [0.4, 0.5) is 0 Å². The van der Waals surface area contributed by atoms with Crippen LogP contribution in [0.2, 0.25) is 0 Å². The normalized spacial score (nSPS) is 19.1. The molecule has 1 aliphatic heterocycles. The fraction of sp³-hybridized carbons (Fsp3) is 0.481. The van der Waals surface area contributed by atoms with E-state index in [4.69, 9.17) is 4.98 Å². The fourth-order valence-corrected chi connectivity index (χ4v) is 6.26. The lowest BCUT2D eigenvalue weighted by Gasteiger charge is -2.30. The Morgan fingerprint density at radius 2 is 2.03 bits per heavy atom. The molecule has 2 heterocycles. The molecule has 6 nitrogen and oxygen atoms in total. The smallest absolute Gasteiger partial charge is 0.269 e. The summed E-state index contributed by atoms with van der Waals surface area (Å²) < 4.78 is 15.0. The fourth-order valence-electron chi connectivity index (χ4n) is 4.86. The summed E-state index contributed by atoms with van der Waals surface area (Å²) in [5, 5.41) is 12.8. The van der Waals surface area contributed by atoms with Gasteiger partial charge in [-0.2, -0.15) is 0 Å². The Morgan fingerprint density at radius 1 is 1.26 bits per heavy atom. The van der Waals surface area contributed by atoms with Gasteiger partial charge in [-0.15, -0.1) is 0 Å². The van der Waals surface area contributed by atoms with Gasteiger partial charge in [0.25, 0.3) is 5.91 Å². The maximum absolute atomic E-state index is 13.5. The Labute approximate surface area is 205 Å². The number of rotatable bonds is 7. The lowest BCUT2D eigenvalue weighted by atomic mass is 9.94. The molecule has 34 heavy (non-hydrogen) atoms. The van der Waals surface area contributed by atoms with E-state index < -0.39 is 15.7 Å². The van der Waals surface area contributed by atoms with Gasteiger partial charge in [0.2, 0.25) is 0 Å². The Balaban J connectivity index is 1.88. The number of carbonyl (C=O) groups excluding carboxylic acids is 1. The average molecular weight is 482 g/mol. The molecule has 2 aliphatic rings. The Hall–Kier alpha value is -2.35. The van der Waals surface area contributed by atoms with Crippen molar-refractivity contribution in [2.24, 2.45) is 0 Å². The Morgan fingerprint density at radius 3 is 2.68 bits per heavy atom. The summed E-state index contributed by atoms with van der Waals surface area (Å²) in [7, 11) is -1.28. The van der Waals surface area contributed by atoms with E-state index >= 15 is 0 Å². The van der Waals surface area contributed by atoms with Crippen molar-refractivity contribution in [1.29, 1.82) is 0 Å². The standard InChI is InChI=1S/C27H35N3O3S/c1-5-28-26(32)22-16-21-17-30(34(33)27(2,3)4)23(13-14-31)24(21)25(29-22)20-12-8-11-19(15-20)18-9-6-7-10-18/h8-9,11-12,15-16,23,31H,5-7,10,13-14,17H2,1-4H3,(H,28,32)/t23-,34-/m0/s1. The zero-order valence-corrected chi connectivity index (χ0v) is 21.4. The highest BCUT2D eigenvalue weighted by Gasteiger charge is 2.40. The molecule has 0 radical (unpaired) electrons. The van der Waals surface area contributed by atoms with Gasteiger partial charge in [-0.25, -0.2) is 13.5 Å². The number of carbonyl (C=O) groups is 1. The molecule has 0 spiro atoms. The molecule has 1 aromatic heterocycles. The number of fused-ring (bicyclic) bond motifs is 1. The molecule has 182 valence electrons. The molecule has 1 aliphatic carbocycles. The molecule has 1 amide bonds. The van der Waals surface area contributed by atoms with E-state index in [0.29, 0.717) is 25.2 Å². The summed E-state index contributed by atoms with van der Waals surface area (Å²) in [5.41, 5.74) is 6.50. The SMILES string of the molecule is CCNC(=O)c1cc2c(c(-c3cccc(C4=CCCC4)c3)n1)[C@H](CCO)N([S@@](=O)C(C)(C)C)C2. The first-order valence-corrected chi connectivity index (χ1v) is 13.3. The van der Waals surface area contributed by atoms with Crippen LogP contribution in [0.25, 0.3) is 16.8 Å². The lowest BCUT2D eigenvalue weighted by molar-refractivity contribution is 0.0951. The van der Waals surface area contributed by atoms with Gasteiger partial charge in [0.1, 0.15) is 16.7 Å². The van der Waals surface area contributed by atoms with Gasteiger partial charge in [0, 0.05) is 30.8 Å². The second-order valence-electron chi connectivity index (χ2n) is 9.96. The summed E-state index contributed by atoms with van der Waals surface area (Å²) in [6.07, 6.45) is 6.09. The van der Waals surface area contributed by atoms with Gasteiger partial charge in [0.05, 0.1) is 16.5 Å². The minimum atomic E-state index is -1.28. The summed E-state index contributed by atoms with van der Waals surface area (Å²) in [6.45, 7) is 8.71. The molecule has 0 unspecified atom stereocenters. The molecule has 0 saturated heterocycles. The molecule has 0 bridgehead atoms. The molecule has 2 N–H and O–H groups in total. The number of benzene rings is 1. The maximum Gasteiger partial charge on any atom is 0.269 e. The van der Waals surface area contributed by atoms with E-state index in [1.165, 1.54) is 17.6 Å². The summed E-state index contributed by atoms with van der Waals surface area (Å²) in [6, 6.07) is 9.94. The first-order valence-electron chi connectivity index (χ1n) is 12.2. The zero-order chi connectivity index (χ0) is 24.5. The van der Waals surface area contributed by atoms with Gasteiger partial charge < -0.3 is 10.4 Å². The largest absolute Gasteiger partial charge is 0.396 e. The predicted molar refractivity (Wildman–Crippen MR) is 137 cm³/mol. The van der Waals surface area contributed by atoms with E-state index in [1.54, 1.807) is 0 Å². The molecule has 2 aromatic rings. The third-order valence-corrected chi connectivity index (χ3v) is 8.27. The van der Waals surface area contributed by atoms with E-state index in [2.05, 4.69) is 23.5 Å². The molecular formula is C27H35N3O3S. The molecule has 7 heteroatoms. The number of aliphatic hydroxyl groups is 1. The number of allylic oxidation sites excluding steroid dienone is 2. The van der Waals surface area contributed by atoms with Crippen LogP contribution in [0.5, 0.6) is 0 Å². The zero-order valence-electron chi connectivity index (χ0n) is 20.6. The summed E-state index contributed by atoms with van der Waals surface area (Å²) in [4.78, 5) is 17.6. The number of hydrogen-bond acceptors (Lipinski definition) is 4. The highest BCUT2D eigenvalue weighted by atomic mass is 32.2. The molecule has 4 rings (SSSR count). The average Bonchev–Trinajstić information content (AvgIpc) is 3.46. The van der Waals surface area contributed by atoms with Crippen LogP contribution < -0.4 is 5.32 Å². The number of pyridine rings is 1. The van der Waals surface area contributed by atoms with Gasteiger partial charge in [0.15, 0.2) is 0 Å². The third-order valence-electron chi connectivity index (χ3n) is 6.41. The summed E-state index contributed by atoms with van der Waals surface area (Å²) >= 11 is 0. The van der Waals surface area contributed by atoms with Crippen molar-refractivity contribution < 1.29 is 14.1 Å². The van der Waals surface area contributed by atoms with E-state index in [1.807, 2.05) is 50.2 Å². The maximum atomic E-state index is 13.5. The Bertz CT molecular complexity index is 1140. The second kappa shape index (κ2) is 10.1. The van der Waals surface area contributed by atoms with Crippen LogP contribution >= 0.6 is 0 Å². The second-order valence-corrected chi connectivity index (χ2v) is 12.1. The minimum absolute atomic E-state index is 0.0214. The topological polar surface area (TPSA) is 82.5 Å². The number of aromatic nitrogens is 1. The van der Waals surface area contributed by atoms with Crippen molar-refractivity contribution in [1.82, 2.24) is 14.6 Å². The van der Waals surface area contributed by atoms with Crippen LogP contribution in [0.15, 0.2) is 36.4 Å². The van der Waals surface area contributed by atoms with Crippen molar-refractivity contribution in [3.8, 4) is 11.3 Å². The van der Waals surface area contributed by atoms with Crippen molar-refractivity contribution in [3.05, 3.63) is 58.8 Å². The van der Waals surface area contributed by atoms with Crippen LogP contribution in [-0.4, -0.2) is 42.4 Å². The van der Waals surface area contributed by atoms with Gasteiger partial charge in [-0.1, -0.05) is 24.3 Å². The van der Waals surface area contributed by atoms with Crippen molar-refractivity contribution >= 4 is 22.5 Å². The first kappa shape index (κ1) is 24.8. The lowest BCUT2D eigenvalue weighted by Crippen LogP contribution is -2.36. The van der Waals surface area contributed by atoms with Crippen LogP contribution in [0, 0.1) is 0 Å². The molecule has 1 aromatic carbocycles. The van der Waals surface area contributed by atoms with Crippen LogP contribution in [-0.2, 0) is 17.5 Å². The number of nitrogens with one attached hydrogen (secondary N) is 1. The van der Waals surface area contributed by atoms with E-state index in [-0.39, 0.29) is 18.6 Å². The minimum Gasteiger partial charge on any atom is -0.396 e. The summed E-state index contributed by atoms with van der Waals surface area (Å²) in [5.74, 6) is -0.213. The van der Waals surface area contributed by atoms with Crippen molar-refractivity contribution in [2.45, 2.75) is 70.7 Å².